The molecule has 0 bridgehead atoms. The van der Waals surface area contributed by atoms with Crippen LogP contribution in [0.4, 0.5) is 0 Å². The number of nitrogens with zero attached hydrogens (tertiary/aromatic N) is 5. The van der Waals surface area contributed by atoms with Gasteiger partial charge in [-0.05, 0) is 59.7 Å². The summed E-state index contributed by atoms with van der Waals surface area (Å²) in [5.41, 5.74) is 11.0. The van der Waals surface area contributed by atoms with E-state index in [9.17, 15) is 0 Å². The molecule has 0 N–H and O–H groups in total. The van der Waals surface area contributed by atoms with Crippen LogP contribution in [0.15, 0.2) is 192 Å². The van der Waals surface area contributed by atoms with Crippen LogP contribution in [0.2, 0.25) is 0 Å². The summed E-state index contributed by atoms with van der Waals surface area (Å²) in [6.07, 6.45) is 0. The highest BCUT2D eigenvalue weighted by atomic mass is 16.3. The Labute approximate surface area is 326 Å². The molecule has 0 fully saturated rings. The summed E-state index contributed by atoms with van der Waals surface area (Å²) in [5.74, 6) is 1.70. The number of benzene rings is 8. The van der Waals surface area contributed by atoms with Crippen molar-refractivity contribution in [2.45, 2.75) is 0 Å². The normalized spacial score (nSPS) is 11.9. The third-order valence-corrected chi connectivity index (χ3v) is 11.2. The second-order valence-electron chi connectivity index (χ2n) is 14.4. The van der Waals surface area contributed by atoms with Crippen molar-refractivity contribution in [3.8, 4) is 45.5 Å². The number of hydrogen-bond donors (Lipinski definition) is 0. The Hall–Kier alpha value is -7.83. The molecule has 0 spiro atoms. The first-order valence-electron chi connectivity index (χ1n) is 19.1. The Morgan fingerprint density at radius 2 is 0.895 bits per heavy atom. The maximum atomic E-state index is 6.71. The van der Waals surface area contributed by atoms with Gasteiger partial charge in [0.05, 0.1) is 27.5 Å². The van der Waals surface area contributed by atoms with Crippen molar-refractivity contribution < 1.29 is 4.42 Å². The lowest BCUT2D eigenvalue weighted by Crippen LogP contribution is -2.06. The highest BCUT2D eigenvalue weighted by Gasteiger charge is 2.24. The first-order chi connectivity index (χ1) is 28.3. The monoisotopic (exact) mass is 729 g/mol. The molecular weight excluding hydrogens is 699 g/mol. The second kappa shape index (κ2) is 12.3. The minimum atomic E-state index is 0.549. The van der Waals surface area contributed by atoms with Gasteiger partial charge >= 0.3 is 0 Å². The summed E-state index contributed by atoms with van der Waals surface area (Å²) in [7, 11) is 0. The fraction of sp³-hybridized carbons (Fsp3) is 0. The van der Waals surface area contributed by atoms with Gasteiger partial charge in [0.2, 0.25) is 5.95 Å². The minimum Gasteiger partial charge on any atom is -0.456 e. The van der Waals surface area contributed by atoms with Crippen molar-refractivity contribution in [3.05, 3.63) is 188 Å². The van der Waals surface area contributed by atoms with E-state index in [-0.39, 0.29) is 0 Å². The van der Waals surface area contributed by atoms with Crippen molar-refractivity contribution in [1.82, 2.24) is 24.1 Å². The minimum absolute atomic E-state index is 0.549. The number of rotatable bonds is 5. The van der Waals surface area contributed by atoms with E-state index < -0.39 is 0 Å². The Morgan fingerprint density at radius 3 is 1.60 bits per heavy atom. The van der Waals surface area contributed by atoms with Gasteiger partial charge in [0.25, 0.3) is 0 Å². The third kappa shape index (κ3) is 4.81. The molecule has 0 aliphatic carbocycles. The summed E-state index contributed by atoms with van der Waals surface area (Å²) in [6, 6.07) is 65.4. The molecule has 6 heteroatoms. The summed E-state index contributed by atoms with van der Waals surface area (Å²) in [5, 5.41) is 6.60. The van der Waals surface area contributed by atoms with Crippen LogP contribution in [0.25, 0.3) is 111 Å². The van der Waals surface area contributed by atoms with Crippen LogP contribution in [0.5, 0.6) is 0 Å². The lowest BCUT2D eigenvalue weighted by molar-refractivity contribution is 0.669. The highest BCUT2D eigenvalue weighted by Crippen LogP contribution is 2.44. The number of hydrogen-bond acceptors (Lipinski definition) is 4. The van der Waals surface area contributed by atoms with E-state index >= 15 is 0 Å². The fourth-order valence-electron chi connectivity index (χ4n) is 8.68. The van der Waals surface area contributed by atoms with E-state index in [1.165, 1.54) is 5.39 Å². The molecule has 0 aliphatic rings. The molecule has 4 heterocycles. The molecule has 12 rings (SSSR count). The van der Waals surface area contributed by atoms with Crippen molar-refractivity contribution >= 4 is 65.6 Å². The van der Waals surface area contributed by atoms with Gasteiger partial charge in [-0.15, -0.1) is 0 Å². The number of fused-ring (bicyclic) bond motifs is 10. The smallest absolute Gasteiger partial charge is 0.238 e. The summed E-state index contributed by atoms with van der Waals surface area (Å²) in [4.78, 5) is 15.9. The SMILES string of the molecule is c1ccc(-c2ccc(-c3nc(-c4cccc5oc6ccc7c8ccccc8n(-c8ccccc8)c7c6c45)nc(-n4c5ccccc5c5ccccc54)n3)cc2)cc1. The van der Waals surface area contributed by atoms with Crippen LogP contribution < -0.4 is 0 Å². The lowest BCUT2D eigenvalue weighted by atomic mass is 10.0. The second-order valence-corrected chi connectivity index (χ2v) is 14.4. The standard InChI is InChI=1S/C51H31N5O/c1-3-14-32(15-4-1)33-26-28-34(29-27-33)49-52-50(54-51(53-49)56-42-23-11-7-18-36(42)37-19-8-12-24-43(37)56)40-21-13-25-44-46(40)47-45(57-44)31-30-39-38-20-9-10-22-41(38)55(48(39)47)35-16-5-2-6-17-35/h1-31H. The molecule has 57 heavy (non-hydrogen) atoms. The van der Waals surface area contributed by atoms with Crippen LogP contribution in [-0.4, -0.2) is 24.1 Å². The number of furan rings is 1. The van der Waals surface area contributed by atoms with Gasteiger partial charge in [0, 0.05) is 43.7 Å². The molecule has 0 aliphatic heterocycles. The molecule has 0 unspecified atom stereocenters. The Bertz CT molecular complexity index is 3450. The van der Waals surface area contributed by atoms with E-state index in [1.54, 1.807) is 0 Å². The van der Waals surface area contributed by atoms with Gasteiger partial charge < -0.3 is 8.98 Å². The highest BCUT2D eigenvalue weighted by molar-refractivity contribution is 6.26. The van der Waals surface area contributed by atoms with E-state index in [4.69, 9.17) is 19.4 Å². The summed E-state index contributed by atoms with van der Waals surface area (Å²) in [6.45, 7) is 0. The Kier molecular flexibility index (Phi) is 6.83. The van der Waals surface area contributed by atoms with E-state index in [0.29, 0.717) is 17.6 Å². The van der Waals surface area contributed by atoms with Gasteiger partial charge in [0.1, 0.15) is 11.2 Å². The maximum absolute atomic E-state index is 6.71. The van der Waals surface area contributed by atoms with Crippen LogP contribution >= 0.6 is 0 Å². The molecule has 0 amide bonds. The van der Waals surface area contributed by atoms with Crippen molar-refractivity contribution in [3.63, 3.8) is 0 Å². The molecule has 6 nitrogen and oxygen atoms in total. The molecule has 0 radical (unpaired) electrons. The van der Waals surface area contributed by atoms with Gasteiger partial charge in [-0.25, -0.2) is 4.98 Å². The van der Waals surface area contributed by atoms with Gasteiger partial charge in [-0.2, -0.15) is 9.97 Å². The van der Waals surface area contributed by atoms with Crippen molar-refractivity contribution in [2.24, 2.45) is 0 Å². The van der Waals surface area contributed by atoms with Crippen molar-refractivity contribution in [2.75, 3.05) is 0 Å². The summed E-state index contributed by atoms with van der Waals surface area (Å²) < 4.78 is 11.2. The van der Waals surface area contributed by atoms with Gasteiger partial charge in [0.15, 0.2) is 11.6 Å². The van der Waals surface area contributed by atoms with Crippen LogP contribution in [0.3, 0.4) is 0 Å². The van der Waals surface area contributed by atoms with Gasteiger partial charge in [-0.1, -0.05) is 140 Å². The van der Waals surface area contributed by atoms with E-state index in [2.05, 4.69) is 179 Å². The topological polar surface area (TPSA) is 61.7 Å². The van der Waals surface area contributed by atoms with Crippen LogP contribution in [0, 0.1) is 0 Å². The molecule has 8 aromatic carbocycles. The predicted octanol–water partition coefficient (Wildman–Crippen LogP) is 13.0. The first-order valence-corrected chi connectivity index (χ1v) is 19.1. The Morgan fingerprint density at radius 1 is 0.351 bits per heavy atom. The van der Waals surface area contributed by atoms with Crippen LogP contribution in [0.1, 0.15) is 0 Å². The zero-order valence-electron chi connectivity index (χ0n) is 30.5. The summed E-state index contributed by atoms with van der Waals surface area (Å²) >= 11 is 0. The zero-order valence-corrected chi connectivity index (χ0v) is 30.5. The average Bonchev–Trinajstić information content (AvgIpc) is 3.95. The number of aromatic nitrogens is 5. The molecule has 12 aromatic rings. The average molecular weight is 730 g/mol. The van der Waals surface area contributed by atoms with Crippen molar-refractivity contribution in [1.29, 1.82) is 0 Å². The Balaban J connectivity index is 1.17. The molecule has 0 saturated carbocycles. The largest absolute Gasteiger partial charge is 0.456 e. The fourth-order valence-corrected chi connectivity index (χ4v) is 8.68. The quantitative estimate of drug-likeness (QED) is 0.177. The molecule has 266 valence electrons. The van der Waals surface area contributed by atoms with E-state index in [1.807, 2.05) is 18.2 Å². The maximum Gasteiger partial charge on any atom is 0.238 e. The third-order valence-electron chi connectivity index (χ3n) is 11.2. The molecule has 0 atom stereocenters. The first kappa shape index (κ1) is 31.5. The predicted molar refractivity (Wildman–Crippen MR) is 232 cm³/mol. The molecular formula is C51H31N5O. The zero-order chi connectivity index (χ0) is 37.5. The number of para-hydroxylation sites is 4. The molecule has 4 aromatic heterocycles. The van der Waals surface area contributed by atoms with E-state index in [0.717, 1.165) is 88.1 Å². The lowest BCUT2D eigenvalue weighted by Gasteiger charge is -2.12. The van der Waals surface area contributed by atoms with Gasteiger partial charge in [-0.3, -0.25) is 4.57 Å². The molecule has 0 saturated heterocycles. The van der Waals surface area contributed by atoms with Crippen LogP contribution in [-0.2, 0) is 0 Å².